The number of fused-ring (bicyclic) bond motifs is 6. The van der Waals surface area contributed by atoms with Gasteiger partial charge in [-0.1, -0.05) is 231 Å². The third-order valence-corrected chi connectivity index (χ3v) is 19.5. The number of para-hydroxylation sites is 4. The van der Waals surface area contributed by atoms with Gasteiger partial charge in [0.2, 0.25) is 0 Å². The summed E-state index contributed by atoms with van der Waals surface area (Å²) >= 11 is 0. The summed E-state index contributed by atoms with van der Waals surface area (Å²) < 4.78 is 4.73. The summed E-state index contributed by atoms with van der Waals surface area (Å²) in [7, 11) is 0. The number of aromatic nitrogens is 6. The molecule has 3 aliphatic rings. The highest BCUT2D eigenvalue weighted by Crippen LogP contribution is 2.57. The molecule has 94 heavy (non-hydrogen) atoms. The van der Waals surface area contributed by atoms with Gasteiger partial charge in [-0.3, -0.25) is 0 Å². The molecule has 13 aromatic carbocycles. The fraction of sp³-hybridized carbons (Fsp3) is 0.0227. The Kier molecular flexibility index (Phi) is 12.3. The molecule has 17 aromatic rings. The maximum atomic E-state index is 5.49. The highest BCUT2D eigenvalue weighted by Gasteiger charge is 2.42. The molecule has 0 aliphatic heterocycles. The predicted molar refractivity (Wildman–Crippen MR) is 385 cm³/mol. The quantitative estimate of drug-likeness (QED) is 0.137. The summed E-state index contributed by atoms with van der Waals surface area (Å²) in [6, 6.07) is 118. The minimum atomic E-state index is -0.00306. The van der Waals surface area contributed by atoms with Crippen molar-refractivity contribution < 1.29 is 0 Å². The van der Waals surface area contributed by atoms with Crippen molar-refractivity contribution in [3.05, 3.63) is 361 Å². The second kappa shape index (κ2) is 21.7. The van der Waals surface area contributed by atoms with Gasteiger partial charge in [0.1, 0.15) is 0 Å². The van der Waals surface area contributed by atoms with Crippen LogP contribution < -0.4 is 0 Å². The lowest BCUT2D eigenvalue weighted by atomic mass is 9.61. The van der Waals surface area contributed by atoms with E-state index in [9.17, 15) is 0 Å². The molecule has 6 heteroatoms. The monoisotopic (exact) mass is 1200 g/mol. The average Bonchev–Trinajstić information content (AvgIpc) is 1.00. The van der Waals surface area contributed by atoms with Gasteiger partial charge in [-0.2, -0.15) is 0 Å². The van der Waals surface area contributed by atoms with Gasteiger partial charge in [0, 0.05) is 78.1 Å². The zero-order valence-electron chi connectivity index (χ0n) is 51.0. The third-order valence-electron chi connectivity index (χ3n) is 19.5. The van der Waals surface area contributed by atoms with Crippen LogP contribution in [0.2, 0.25) is 0 Å². The Bertz CT molecular complexity index is 5510. The van der Waals surface area contributed by atoms with E-state index in [0.29, 0.717) is 11.6 Å². The van der Waals surface area contributed by atoms with Crippen LogP contribution in [0.5, 0.6) is 0 Å². The highest BCUT2D eigenvalue weighted by atomic mass is 15.0. The molecule has 0 fully saturated rings. The number of rotatable bonds is 10. The van der Waals surface area contributed by atoms with Crippen molar-refractivity contribution in [3.8, 4) is 101 Å². The molecular weight excluding hydrogens is 1140 g/mol. The van der Waals surface area contributed by atoms with Gasteiger partial charge in [-0.25, -0.2) is 19.9 Å². The average molecular weight is 1200 g/mol. The molecule has 2 atom stereocenters. The molecule has 2 unspecified atom stereocenters. The SMILES string of the molecule is c1ccc(-c2cc(-c3cccc(-c4ccc5c(c4)c4ccccc4n5-c4ccccc4)c3)nc(-c3ccc4c(c3)C3c5ccccc5C4c4cc(-c5nc(-c6ccccc6)cc(-c6cccc(-c7ccc8c(c7)c7ccccc7n8-c7ccccc7)c6)n5)ccc43)n2)cc1. The van der Waals surface area contributed by atoms with Crippen molar-refractivity contribution in [1.82, 2.24) is 29.1 Å². The summed E-state index contributed by atoms with van der Waals surface area (Å²) in [4.78, 5) is 21.8. The summed E-state index contributed by atoms with van der Waals surface area (Å²) in [5.41, 5.74) is 29.0. The smallest absolute Gasteiger partial charge is 0.160 e. The lowest BCUT2D eigenvalue weighted by Gasteiger charge is -2.42. The van der Waals surface area contributed by atoms with Gasteiger partial charge >= 0.3 is 0 Å². The fourth-order valence-electron chi connectivity index (χ4n) is 15.2. The highest BCUT2D eigenvalue weighted by molar-refractivity contribution is 6.12. The molecule has 0 spiro atoms. The molecule has 2 bridgehead atoms. The molecule has 0 N–H and O–H groups in total. The summed E-state index contributed by atoms with van der Waals surface area (Å²) in [6.07, 6.45) is 0. The van der Waals surface area contributed by atoms with Crippen LogP contribution in [-0.2, 0) is 0 Å². The Hall–Kier alpha value is -12.4. The van der Waals surface area contributed by atoms with Crippen molar-refractivity contribution in [2.45, 2.75) is 11.8 Å². The van der Waals surface area contributed by atoms with E-state index in [4.69, 9.17) is 19.9 Å². The second-order valence-corrected chi connectivity index (χ2v) is 24.8. The molecule has 4 heterocycles. The Balaban J connectivity index is 0.689. The topological polar surface area (TPSA) is 61.4 Å². The summed E-state index contributed by atoms with van der Waals surface area (Å²) in [5, 5.41) is 4.89. The van der Waals surface area contributed by atoms with E-state index >= 15 is 0 Å². The first-order valence-corrected chi connectivity index (χ1v) is 32.2. The third kappa shape index (κ3) is 8.79. The largest absolute Gasteiger partial charge is 0.309 e. The Morgan fingerprint density at radius 3 is 0.947 bits per heavy atom. The molecule has 0 saturated heterocycles. The van der Waals surface area contributed by atoms with Crippen molar-refractivity contribution in [2.24, 2.45) is 0 Å². The Labute approximate surface area is 543 Å². The van der Waals surface area contributed by atoms with Crippen molar-refractivity contribution in [3.63, 3.8) is 0 Å². The minimum absolute atomic E-state index is 0.00306. The molecule has 438 valence electrons. The van der Waals surface area contributed by atoms with Crippen LogP contribution in [0.4, 0.5) is 0 Å². The summed E-state index contributed by atoms with van der Waals surface area (Å²) in [5.74, 6) is 1.37. The van der Waals surface area contributed by atoms with E-state index in [0.717, 1.165) is 89.8 Å². The van der Waals surface area contributed by atoms with Gasteiger partial charge < -0.3 is 9.13 Å². The Morgan fingerprint density at radius 1 is 0.191 bits per heavy atom. The standard InChI is InChI=1S/C88H56N6/c1-5-21-55(22-6-1)77-53-79(61-27-19-25-57(47-61)59-41-45-83-73(49-59)67-33-15-17-37-81(67)93(83)65-29-9-3-10-30-65)91-87(89-77)63-39-43-71-75(51-63)85-69-35-13-14-36-70(69)86(71)76-52-64(40-44-72(76)85)88-90-78(56-23-7-2-8-24-56)54-80(92-88)62-28-20-26-58(48-62)60-42-46-84-74(50-60)68-34-16-18-38-82(68)94(84)66-31-11-4-12-32-66/h1-54,85-86H. The molecule has 0 saturated carbocycles. The van der Waals surface area contributed by atoms with E-state index in [1.807, 2.05) is 0 Å². The summed E-state index contributed by atoms with van der Waals surface area (Å²) in [6.45, 7) is 0. The normalized spacial score (nSPS) is 13.7. The molecule has 0 radical (unpaired) electrons. The van der Waals surface area contributed by atoms with E-state index in [2.05, 4.69) is 337 Å². The predicted octanol–water partition coefficient (Wildman–Crippen LogP) is 21.8. The van der Waals surface area contributed by atoms with Crippen molar-refractivity contribution >= 4 is 43.6 Å². The van der Waals surface area contributed by atoms with E-state index < -0.39 is 0 Å². The first-order chi connectivity index (χ1) is 46.6. The van der Waals surface area contributed by atoms with Crippen LogP contribution in [0.3, 0.4) is 0 Å². The second-order valence-electron chi connectivity index (χ2n) is 24.8. The van der Waals surface area contributed by atoms with E-state index in [1.54, 1.807) is 0 Å². The minimum Gasteiger partial charge on any atom is -0.309 e. The van der Waals surface area contributed by atoms with Crippen molar-refractivity contribution in [1.29, 1.82) is 0 Å². The lowest BCUT2D eigenvalue weighted by molar-refractivity contribution is 0.754. The van der Waals surface area contributed by atoms with Crippen LogP contribution >= 0.6 is 0 Å². The van der Waals surface area contributed by atoms with Crippen LogP contribution in [0.1, 0.15) is 45.2 Å². The van der Waals surface area contributed by atoms with E-state index in [-0.39, 0.29) is 11.8 Å². The Morgan fingerprint density at radius 2 is 0.511 bits per heavy atom. The van der Waals surface area contributed by atoms with E-state index in [1.165, 1.54) is 77.0 Å². The van der Waals surface area contributed by atoms with Gasteiger partial charge in [0.05, 0.1) is 44.8 Å². The molecular formula is C88H56N6. The van der Waals surface area contributed by atoms with Crippen molar-refractivity contribution in [2.75, 3.05) is 0 Å². The number of benzene rings is 13. The van der Waals surface area contributed by atoms with Crippen LogP contribution in [-0.4, -0.2) is 29.1 Å². The van der Waals surface area contributed by atoms with Crippen LogP contribution in [0.15, 0.2) is 328 Å². The maximum absolute atomic E-state index is 5.49. The van der Waals surface area contributed by atoms with Gasteiger partial charge in [0.25, 0.3) is 0 Å². The first kappa shape index (κ1) is 53.5. The molecule has 4 aromatic heterocycles. The maximum Gasteiger partial charge on any atom is 0.160 e. The van der Waals surface area contributed by atoms with Crippen LogP contribution in [0, 0.1) is 0 Å². The molecule has 20 rings (SSSR count). The van der Waals surface area contributed by atoms with Gasteiger partial charge in [-0.05, 0) is 153 Å². The number of hydrogen-bond donors (Lipinski definition) is 0. The molecule has 3 aliphatic carbocycles. The zero-order chi connectivity index (χ0) is 61.8. The number of hydrogen-bond acceptors (Lipinski definition) is 4. The number of nitrogens with zero attached hydrogens (tertiary/aromatic N) is 6. The van der Waals surface area contributed by atoms with Gasteiger partial charge in [0.15, 0.2) is 11.6 Å². The zero-order valence-corrected chi connectivity index (χ0v) is 51.0. The lowest BCUT2D eigenvalue weighted by Crippen LogP contribution is -2.27. The molecule has 0 amide bonds. The molecule has 6 nitrogen and oxygen atoms in total. The first-order valence-electron chi connectivity index (χ1n) is 32.2. The fourth-order valence-corrected chi connectivity index (χ4v) is 15.2. The van der Waals surface area contributed by atoms with Crippen LogP contribution in [0.25, 0.3) is 145 Å². The van der Waals surface area contributed by atoms with Gasteiger partial charge in [-0.15, -0.1) is 0 Å².